The van der Waals surface area contributed by atoms with Crippen LogP contribution in [0, 0.1) is 0 Å². The van der Waals surface area contributed by atoms with Crippen LogP contribution in [0.15, 0.2) is 48.5 Å². The molecule has 1 N–H and O–H groups in total. The highest BCUT2D eigenvalue weighted by Crippen LogP contribution is 2.17. The van der Waals surface area contributed by atoms with Crippen LogP contribution in [-0.4, -0.2) is 37.5 Å². The fraction of sp³-hybridized carbons (Fsp3) is 0.250. The van der Waals surface area contributed by atoms with Crippen LogP contribution >= 0.6 is 0 Å². The van der Waals surface area contributed by atoms with E-state index >= 15 is 0 Å². The molecule has 0 aliphatic heterocycles. The molecular formula is C20H21NO6. The molecule has 2 rings (SSSR count). The van der Waals surface area contributed by atoms with Crippen LogP contribution in [0.25, 0.3) is 0 Å². The molecule has 0 fully saturated rings. The molecule has 2 aromatic rings. The maximum atomic E-state index is 12.1. The molecular weight excluding hydrogens is 350 g/mol. The van der Waals surface area contributed by atoms with Crippen molar-refractivity contribution >= 4 is 23.3 Å². The molecule has 7 nitrogen and oxygen atoms in total. The van der Waals surface area contributed by atoms with Gasteiger partial charge in [0.15, 0.2) is 18.5 Å². The van der Waals surface area contributed by atoms with Crippen molar-refractivity contribution in [2.45, 2.75) is 20.0 Å². The minimum absolute atomic E-state index is 0.0585. The van der Waals surface area contributed by atoms with E-state index in [1.165, 1.54) is 21.0 Å². The van der Waals surface area contributed by atoms with Crippen molar-refractivity contribution in [1.29, 1.82) is 0 Å². The SMILES string of the molecule is COc1cccc(NC(=O)[C@@H](C)OC(=O)COc2ccc(C(C)=O)cc2)c1. The predicted molar refractivity (Wildman–Crippen MR) is 99.1 cm³/mol. The lowest BCUT2D eigenvalue weighted by molar-refractivity contribution is -0.155. The number of ether oxygens (including phenoxy) is 3. The van der Waals surface area contributed by atoms with E-state index in [1.807, 2.05) is 0 Å². The molecule has 1 amide bonds. The standard InChI is InChI=1S/C20H21NO6/c1-13(22)15-7-9-17(10-8-15)26-12-19(23)27-14(2)20(24)21-16-5-4-6-18(11-16)25-3/h4-11,14H,12H2,1-3H3,(H,21,24)/t14-/m1/s1. The third-order valence-electron chi connectivity index (χ3n) is 3.63. The number of carbonyl (C=O) groups excluding carboxylic acids is 3. The number of nitrogens with one attached hydrogen (secondary N) is 1. The van der Waals surface area contributed by atoms with Gasteiger partial charge in [-0.15, -0.1) is 0 Å². The summed E-state index contributed by atoms with van der Waals surface area (Å²) in [6.07, 6.45) is -0.993. The summed E-state index contributed by atoms with van der Waals surface area (Å²) in [5, 5.41) is 2.64. The molecule has 0 spiro atoms. The van der Waals surface area contributed by atoms with Gasteiger partial charge < -0.3 is 19.5 Å². The number of hydrogen-bond acceptors (Lipinski definition) is 6. The quantitative estimate of drug-likeness (QED) is 0.567. The largest absolute Gasteiger partial charge is 0.497 e. The number of rotatable bonds is 8. The van der Waals surface area contributed by atoms with Gasteiger partial charge in [-0.1, -0.05) is 6.07 Å². The summed E-state index contributed by atoms with van der Waals surface area (Å²) >= 11 is 0. The summed E-state index contributed by atoms with van der Waals surface area (Å²) in [6, 6.07) is 13.2. The van der Waals surface area contributed by atoms with E-state index in [1.54, 1.807) is 48.5 Å². The molecule has 7 heteroatoms. The van der Waals surface area contributed by atoms with Crippen molar-refractivity contribution in [2.75, 3.05) is 19.0 Å². The summed E-state index contributed by atoms with van der Waals surface area (Å²) in [7, 11) is 1.53. The van der Waals surface area contributed by atoms with Crippen molar-refractivity contribution in [1.82, 2.24) is 0 Å². The summed E-state index contributed by atoms with van der Waals surface area (Å²) in [6.45, 7) is 2.58. The zero-order valence-electron chi connectivity index (χ0n) is 15.4. The highest BCUT2D eigenvalue weighted by molar-refractivity contribution is 5.95. The van der Waals surface area contributed by atoms with E-state index in [-0.39, 0.29) is 12.4 Å². The minimum atomic E-state index is -0.993. The average molecular weight is 371 g/mol. The molecule has 142 valence electrons. The molecule has 0 saturated carbocycles. The zero-order valence-corrected chi connectivity index (χ0v) is 15.4. The second kappa shape index (κ2) is 9.38. The van der Waals surface area contributed by atoms with Gasteiger partial charge in [0.25, 0.3) is 5.91 Å². The van der Waals surface area contributed by atoms with Crippen molar-refractivity contribution in [3.05, 3.63) is 54.1 Å². The average Bonchev–Trinajstić information content (AvgIpc) is 2.66. The number of benzene rings is 2. The summed E-state index contributed by atoms with van der Waals surface area (Å²) < 4.78 is 15.4. The topological polar surface area (TPSA) is 90.9 Å². The van der Waals surface area contributed by atoms with E-state index in [4.69, 9.17) is 14.2 Å². The Bertz CT molecular complexity index is 815. The molecule has 0 aliphatic rings. The number of ketones is 1. The zero-order chi connectivity index (χ0) is 19.8. The minimum Gasteiger partial charge on any atom is -0.497 e. The Kier molecular flexibility index (Phi) is 6.93. The molecule has 1 atom stereocenters. The number of amides is 1. The Morgan fingerprint density at radius 1 is 1.04 bits per heavy atom. The second-order valence-corrected chi connectivity index (χ2v) is 5.72. The highest BCUT2D eigenvalue weighted by atomic mass is 16.6. The number of esters is 1. The van der Waals surface area contributed by atoms with Crippen LogP contribution in [0.3, 0.4) is 0 Å². The first-order valence-electron chi connectivity index (χ1n) is 8.27. The molecule has 0 bridgehead atoms. The number of anilines is 1. The molecule has 0 unspecified atom stereocenters. The maximum absolute atomic E-state index is 12.1. The van der Waals surface area contributed by atoms with Crippen LogP contribution in [0.1, 0.15) is 24.2 Å². The molecule has 0 aliphatic carbocycles. The van der Waals surface area contributed by atoms with Crippen molar-refractivity contribution < 1.29 is 28.6 Å². The first-order chi connectivity index (χ1) is 12.9. The smallest absolute Gasteiger partial charge is 0.344 e. The van der Waals surface area contributed by atoms with Crippen LogP contribution in [0.5, 0.6) is 11.5 Å². The Balaban J connectivity index is 1.81. The fourth-order valence-electron chi connectivity index (χ4n) is 2.16. The number of hydrogen-bond donors (Lipinski definition) is 1. The van der Waals surface area contributed by atoms with Gasteiger partial charge in [-0.3, -0.25) is 9.59 Å². The van der Waals surface area contributed by atoms with Crippen LogP contribution in [0.2, 0.25) is 0 Å². The fourth-order valence-corrected chi connectivity index (χ4v) is 2.16. The van der Waals surface area contributed by atoms with Crippen LogP contribution < -0.4 is 14.8 Å². The Labute approximate surface area is 157 Å². The van der Waals surface area contributed by atoms with Crippen molar-refractivity contribution in [3.63, 3.8) is 0 Å². The molecule has 27 heavy (non-hydrogen) atoms. The Morgan fingerprint density at radius 3 is 2.37 bits per heavy atom. The Hall–Kier alpha value is -3.35. The predicted octanol–water partition coefficient (Wildman–Crippen LogP) is 2.85. The molecule has 0 saturated heterocycles. The number of carbonyl (C=O) groups is 3. The first-order valence-corrected chi connectivity index (χ1v) is 8.27. The monoisotopic (exact) mass is 371 g/mol. The van der Waals surface area contributed by atoms with Gasteiger partial charge in [0, 0.05) is 17.3 Å². The lowest BCUT2D eigenvalue weighted by atomic mass is 10.1. The summed E-state index contributed by atoms with van der Waals surface area (Å²) in [5.41, 5.74) is 1.08. The lowest BCUT2D eigenvalue weighted by Crippen LogP contribution is -2.31. The van der Waals surface area contributed by atoms with E-state index in [9.17, 15) is 14.4 Å². The third-order valence-corrected chi connectivity index (χ3v) is 3.63. The van der Waals surface area contributed by atoms with Gasteiger partial charge in [-0.25, -0.2) is 4.79 Å². The van der Waals surface area contributed by atoms with E-state index in [2.05, 4.69) is 5.32 Å². The highest BCUT2D eigenvalue weighted by Gasteiger charge is 2.18. The van der Waals surface area contributed by atoms with E-state index in [0.29, 0.717) is 22.7 Å². The van der Waals surface area contributed by atoms with Gasteiger partial charge in [0.1, 0.15) is 11.5 Å². The summed E-state index contributed by atoms with van der Waals surface area (Å²) in [4.78, 5) is 35.2. The molecule has 0 heterocycles. The molecule has 0 aromatic heterocycles. The molecule has 0 radical (unpaired) electrons. The lowest BCUT2D eigenvalue weighted by Gasteiger charge is -2.14. The van der Waals surface area contributed by atoms with Gasteiger partial charge in [0.05, 0.1) is 7.11 Å². The maximum Gasteiger partial charge on any atom is 0.344 e. The first kappa shape index (κ1) is 20.0. The van der Waals surface area contributed by atoms with Crippen molar-refractivity contribution in [2.24, 2.45) is 0 Å². The molecule has 2 aromatic carbocycles. The van der Waals surface area contributed by atoms with Gasteiger partial charge in [-0.05, 0) is 50.2 Å². The second-order valence-electron chi connectivity index (χ2n) is 5.72. The van der Waals surface area contributed by atoms with Crippen molar-refractivity contribution in [3.8, 4) is 11.5 Å². The van der Waals surface area contributed by atoms with E-state index < -0.39 is 18.0 Å². The normalized spacial score (nSPS) is 11.2. The third kappa shape index (κ3) is 6.14. The Morgan fingerprint density at radius 2 is 1.74 bits per heavy atom. The van der Waals surface area contributed by atoms with Crippen LogP contribution in [-0.2, 0) is 14.3 Å². The number of Topliss-reactive ketones (excluding diaryl/α,β-unsaturated/α-hetero) is 1. The van der Waals surface area contributed by atoms with Gasteiger partial charge in [0.2, 0.25) is 0 Å². The van der Waals surface area contributed by atoms with E-state index in [0.717, 1.165) is 0 Å². The van der Waals surface area contributed by atoms with Crippen LogP contribution in [0.4, 0.5) is 5.69 Å². The summed E-state index contributed by atoms with van der Waals surface area (Å²) in [5.74, 6) is -0.190. The van der Waals surface area contributed by atoms with Gasteiger partial charge >= 0.3 is 5.97 Å². The van der Waals surface area contributed by atoms with Gasteiger partial charge in [-0.2, -0.15) is 0 Å². The number of methoxy groups -OCH3 is 1.